The van der Waals surface area contributed by atoms with Crippen molar-refractivity contribution in [1.82, 2.24) is 4.98 Å². The molecule has 1 N–H and O–H groups in total. The lowest BCUT2D eigenvalue weighted by Crippen LogP contribution is -1.97. The van der Waals surface area contributed by atoms with Gasteiger partial charge in [0.15, 0.2) is 0 Å². The van der Waals surface area contributed by atoms with Crippen LogP contribution in [0, 0.1) is 6.92 Å². The molecule has 0 aliphatic carbocycles. The standard InChI is InChI=1S/C25H20ClNO3S/c1-15-3-10-23(26)27-25(15)21-14-31-22-9-4-17(12-20(21)22)13-30-19-7-5-18(6-8-19)16(2)11-24(28)29/h3-10,12,14H,2,11,13H2,1H3,(H,28,29). The van der Waals surface area contributed by atoms with Crippen molar-refractivity contribution in [3.63, 3.8) is 0 Å². The third-order valence-corrected chi connectivity index (χ3v) is 6.16. The molecule has 4 aromatic rings. The van der Waals surface area contributed by atoms with Gasteiger partial charge in [0.2, 0.25) is 0 Å². The number of aromatic nitrogens is 1. The van der Waals surface area contributed by atoms with E-state index >= 15 is 0 Å². The predicted molar refractivity (Wildman–Crippen MR) is 127 cm³/mol. The fraction of sp³-hybridized carbons (Fsp3) is 0.120. The van der Waals surface area contributed by atoms with E-state index < -0.39 is 5.97 Å². The number of carboxylic acids is 1. The summed E-state index contributed by atoms with van der Waals surface area (Å²) in [5.74, 6) is -0.179. The van der Waals surface area contributed by atoms with Crippen LogP contribution in [0.3, 0.4) is 0 Å². The van der Waals surface area contributed by atoms with Gasteiger partial charge in [-0.05, 0) is 59.5 Å². The highest BCUT2D eigenvalue weighted by molar-refractivity contribution is 7.17. The Hall–Kier alpha value is -3.15. The zero-order valence-corrected chi connectivity index (χ0v) is 18.5. The number of fused-ring (bicyclic) bond motifs is 1. The topological polar surface area (TPSA) is 59.4 Å². The van der Waals surface area contributed by atoms with Crippen LogP contribution in [0.4, 0.5) is 0 Å². The quantitative estimate of drug-likeness (QED) is 0.309. The SMILES string of the molecule is C=C(CC(=O)O)c1ccc(OCc2ccc3scc(-c4nc(Cl)ccc4C)c3c2)cc1. The molecule has 156 valence electrons. The molecule has 0 aliphatic heterocycles. The summed E-state index contributed by atoms with van der Waals surface area (Å²) in [7, 11) is 0. The second kappa shape index (κ2) is 8.92. The van der Waals surface area contributed by atoms with Gasteiger partial charge in [-0.2, -0.15) is 0 Å². The van der Waals surface area contributed by atoms with Crippen molar-refractivity contribution in [3.8, 4) is 17.0 Å². The van der Waals surface area contributed by atoms with Gasteiger partial charge in [-0.3, -0.25) is 4.79 Å². The molecule has 0 radical (unpaired) electrons. The van der Waals surface area contributed by atoms with Crippen molar-refractivity contribution in [3.05, 3.63) is 88.4 Å². The molecule has 0 saturated carbocycles. The summed E-state index contributed by atoms with van der Waals surface area (Å²) >= 11 is 7.81. The maximum Gasteiger partial charge on any atom is 0.307 e. The van der Waals surface area contributed by atoms with Gasteiger partial charge in [0.05, 0.1) is 12.1 Å². The first kappa shape index (κ1) is 21.1. The van der Waals surface area contributed by atoms with E-state index in [0.717, 1.165) is 33.3 Å². The average molecular weight is 450 g/mol. The molecule has 31 heavy (non-hydrogen) atoms. The first-order valence-corrected chi connectivity index (χ1v) is 10.9. The third-order valence-electron chi connectivity index (χ3n) is 4.99. The molecule has 0 bridgehead atoms. The van der Waals surface area contributed by atoms with Crippen LogP contribution in [0.15, 0.2) is 66.6 Å². The molecule has 2 heterocycles. The van der Waals surface area contributed by atoms with Gasteiger partial charge in [0.25, 0.3) is 0 Å². The Balaban J connectivity index is 1.52. The van der Waals surface area contributed by atoms with E-state index in [2.05, 4.69) is 35.1 Å². The van der Waals surface area contributed by atoms with Gasteiger partial charge in [-0.1, -0.05) is 42.4 Å². The molecule has 0 spiro atoms. The molecule has 0 saturated heterocycles. The summed E-state index contributed by atoms with van der Waals surface area (Å²) in [4.78, 5) is 15.4. The highest BCUT2D eigenvalue weighted by Crippen LogP contribution is 2.36. The van der Waals surface area contributed by atoms with Crippen molar-refractivity contribution in [1.29, 1.82) is 0 Å². The molecular formula is C25H20ClNO3S. The highest BCUT2D eigenvalue weighted by Gasteiger charge is 2.12. The molecule has 0 unspecified atom stereocenters. The molecule has 2 aromatic carbocycles. The van der Waals surface area contributed by atoms with E-state index in [4.69, 9.17) is 21.4 Å². The van der Waals surface area contributed by atoms with E-state index in [-0.39, 0.29) is 6.42 Å². The number of ether oxygens (including phenoxy) is 1. The van der Waals surface area contributed by atoms with Gasteiger partial charge < -0.3 is 9.84 Å². The lowest BCUT2D eigenvalue weighted by molar-refractivity contribution is -0.135. The lowest BCUT2D eigenvalue weighted by Gasteiger charge is -2.09. The van der Waals surface area contributed by atoms with Crippen LogP contribution in [-0.2, 0) is 11.4 Å². The summed E-state index contributed by atoms with van der Waals surface area (Å²) in [5, 5.41) is 12.6. The van der Waals surface area contributed by atoms with Gasteiger partial charge in [0.1, 0.15) is 17.5 Å². The molecule has 4 rings (SSSR count). The largest absolute Gasteiger partial charge is 0.489 e. The van der Waals surface area contributed by atoms with Crippen molar-refractivity contribution < 1.29 is 14.6 Å². The molecule has 0 fully saturated rings. The summed E-state index contributed by atoms with van der Waals surface area (Å²) < 4.78 is 7.12. The average Bonchev–Trinajstić information content (AvgIpc) is 3.17. The zero-order chi connectivity index (χ0) is 22.0. The minimum absolute atomic E-state index is 0.0792. The Labute approximate surface area is 189 Å². The number of aliphatic carboxylic acids is 1. The zero-order valence-electron chi connectivity index (χ0n) is 16.9. The number of halogens is 1. The number of hydrogen-bond donors (Lipinski definition) is 1. The number of aryl methyl sites for hydroxylation is 1. The Morgan fingerprint density at radius 2 is 1.94 bits per heavy atom. The predicted octanol–water partition coefficient (Wildman–Crippen LogP) is 6.99. The molecule has 4 nitrogen and oxygen atoms in total. The summed E-state index contributed by atoms with van der Waals surface area (Å²) in [6.45, 7) is 6.27. The number of thiophene rings is 1. The van der Waals surface area contributed by atoms with E-state index in [0.29, 0.717) is 23.1 Å². The summed E-state index contributed by atoms with van der Waals surface area (Å²) in [5.41, 5.74) is 5.46. The number of benzene rings is 2. The highest BCUT2D eigenvalue weighted by atomic mass is 35.5. The minimum atomic E-state index is -0.892. The van der Waals surface area contributed by atoms with Crippen LogP contribution in [-0.4, -0.2) is 16.1 Å². The van der Waals surface area contributed by atoms with E-state index in [1.807, 2.05) is 37.3 Å². The summed E-state index contributed by atoms with van der Waals surface area (Å²) in [6.07, 6.45) is -0.0792. The third kappa shape index (κ3) is 4.79. The van der Waals surface area contributed by atoms with Gasteiger partial charge in [0, 0.05) is 21.0 Å². The van der Waals surface area contributed by atoms with Gasteiger partial charge >= 0.3 is 5.97 Å². The van der Waals surface area contributed by atoms with Gasteiger partial charge in [-0.25, -0.2) is 4.98 Å². The second-order valence-electron chi connectivity index (χ2n) is 7.27. The maximum absolute atomic E-state index is 10.8. The molecular weight excluding hydrogens is 430 g/mol. The molecule has 0 amide bonds. The maximum atomic E-state index is 10.8. The Kier molecular flexibility index (Phi) is 6.07. The van der Waals surface area contributed by atoms with Crippen molar-refractivity contribution in [2.45, 2.75) is 20.0 Å². The Morgan fingerprint density at radius 1 is 1.16 bits per heavy atom. The molecule has 6 heteroatoms. The second-order valence-corrected chi connectivity index (χ2v) is 8.56. The molecule has 2 aromatic heterocycles. The van der Waals surface area contributed by atoms with Crippen molar-refractivity contribution >= 4 is 44.6 Å². The van der Waals surface area contributed by atoms with Crippen LogP contribution >= 0.6 is 22.9 Å². The Bertz CT molecular complexity index is 1280. The molecule has 0 aliphatic rings. The monoisotopic (exact) mass is 449 g/mol. The van der Waals surface area contributed by atoms with Crippen LogP contribution in [0.25, 0.3) is 26.9 Å². The number of hydrogen-bond acceptors (Lipinski definition) is 4. The fourth-order valence-corrected chi connectivity index (χ4v) is 4.44. The first-order chi connectivity index (χ1) is 14.9. The number of carbonyl (C=O) groups is 1. The smallest absolute Gasteiger partial charge is 0.307 e. The van der Waals surface area contributed by atoms with Crippen molar-refractivity contribution in [2.75, 3.05) is 0 Å². The van der Waals surface area contributed by atoms with E-state index in [1.54, 1.807) is 17.4 Å². The number of rotatable bonds is 7. The van der Waals surface area contributed by atoms with Crippen LogP contribution in [0.5, 0.6) is 5.75 Å². The normalized spacial score (nSPS) is 10.9. The Morgan fingerprint density at radius 3 is 2.68 bits per heavy atom. The first-order valence-electron chi connectivity index (χ1n) is 9.67. The fourth-order valence-electron chi connectivity index (χ4n) is 3.37. The lowest BCUT2D eigenvalue weighted by atomic mass is 10.0. The van der Waals surface area contributed by atoms with Gasteiger partial charge in [-0.15, -0.1) is 11.3 Å². The number of carboxylic acid groups (broad SMARTS) is 1. The van der Waals surface area contributed by atoms with Crippen molar-refractivity contribution in [2.24, 2.45) is 0 Å². The number of pyridine rings is 1. The minimum Gasteiger partial charge on any atom is -0.489 e. The molecule has 0 atom stereocenters. The van der Waals surface area contributed by atoms with Crippen LogP contribution < -0.4 is 4.74 Å². The number of nitrogens with zero attached hydrogens (tertiary/aromatic N) is 1. The summed E-state index contributed by atoms with van der Waals surface area (Å²) in [6, 6.07) is 17.4. The van der Waals surface area contributed by atoms with E-state index in [1.165, 1.54) is 4.70 Å². The van der Waals surface area contributed by atoms with Crippen LogP contribution in [0.2, 0.25) is 5.15 Å². The van der Waals surface area contributed by atoms with Crippen LogP contribution in [0.1, 0.15) is 23.1 Å². The van der Waals surface area contributed by atoms with E-state index in [9.17, 15) is 4.79 Å².